The predicted molar refractivity (Wildman–Crippen MR) is 49.4 cm³/mol. The van der Waals surface area contributed by atoms with Gasteiger partial charge in [-0.2, -0.15) is 0 Å². The van der Waals surface area contributed by atoms with Crippen molar-refractivity contribution < 1.29 is 5.11 Å². The van der Waals surface area contributed by atoms with Crippen molar-refractivity contribution in [2.75, 3.05) is 23.7 Å². The van der Waals surface area contributed by atoms with Crippen LogP contribution in [0.4, 0.5) is 11.6 Å². The highest BCUT2D eigenvalue weighted by atomic mass is 16.3. The standard InChI is InChI=1S/C8H12N4O/c1-5-10-7(9)2-8(11-5)12-3-6(13)4-12/h2,6,13H,3-4H2,1H3,(H2,9,10,11). The molecule has 0 aromatic carbocycles. The first kappa shape index (κ1) is 8.25. The van der Waals surface area contributed by atoms with E-state index in [1.54, 1.807) is 13.0 Å². The topological polar surface area (TPSA) is 75.3 Å². The molecule has 0 bridgehead atoms. The molecule has 5 nitrogen and oxygen atoms in total. The maximum atomic E-state index is 9.10. The van der Waals surface area contributed by atoms with Crippen molar-refractivity contribution in [2.24, 2.45) is 0 Å². The number of aliphatic hydroxyl groups excluding tert-OH is 1. The minimum Gasteiger partial charge on any atom is -0.389 e. The molecule has 13 heavy (non-hydrogen) atoms. The summed E-state index contributed by atoms with van der Waals surface area (Å²) in [5.74, 6) is 1.94. The molecule has 1 saturated heterocycles. The summed E-state index contributed by atoms with van der Waals surface area (Å²) >= 11 is 0. The second-order valence-electron chi connectivity index (χ2n) is 3.26. The van der Waals surface area contributed by atoms with E-state index >= 15 is 0 Å². The first-order valence-electron chi connectivity index (χ1n) is 4.19. The lowest BCUT2D eigenvalue weighted by molar-refractivity contribution is 0.141. The molecule has 0 amide bonds. The largest absolute Gasteiger partial charge is 0.389 e. The summed E-state index contributed by atoms with van der Waals surface area (Å²) in [5, 5.41) is 9.10. The quantitative estimate of drug-likeness (QED) is 0.612. The third-order valence-electron chi connectivity index (χ3n) is 2.03. The number of aryl methyl sites for hydroxylation is 1. The van der Waals surface area contributed by atoms with Crippen molar-refractivity contribution in [1.29, 1.82) is 0 Å². The Morgan fingerprint density at radius 2 is 2.23 bits per heavy atom. The monoisotopic (exact) mass is 180 g/mol. The van der Waals surface area contributed by atoms with Crippen LogP contribution in [0.3, 0.4) is 0 Å². The van der Waals surface area contributed by atoms with E-state index in [2.05, 4.69) is 9.97 Å². The molecule has 3 N–H and O–H groups in total. The lowest BCUT2D eigenvalue weighted by atomic mass is 10.2. The number of nitrogen functional groups attached to an aromatic ring is 1. The van der Waals surface area contributed by atoms with Gasteiger partial charge in [-0.05, 0) is 6.92 Å². The summed E-state index contributed by atoms with van der Waals surface area (Å²) in [6.07, 6.45) is -0.225. The molecule has 0 unspecified atom stereocenters. The van der Waals surface area contributed by atoms with Crippen LogP contribution in [0.1, 0.15) is 5.82 Å². The first-order valence-corrected chi connectivity index (χ1v) is 4.19. The fraction of sp³-hybridized carbons (Fsp3) is 0.500. The zero-order valence-corrected chi connectivity index (χ0v) is 7.44. The van der Waals surface area contributed by atoms with Gasteiger partial charge in [-0.15, -0.1) is 0 Å². The molecule has 1 aliphatic heterocycles. The van der Waals surface area contributed by atoms with Gasteiger partial charge in [-0.3, -0.25) is 0 Å². The number of hydrogen-bond donors (Lipinski definition) is 2. The highest BCUT2D eigenvalue weighted by Gasteiger charge is 2.25. The molecule has 1 aromatic heterocycles. The maximum Gasteiger partial charge on any atom is 0.134 e. The minimum atomic E-state index is -0.225. The summed E-state index contributed by atoms with van der Waals surface area (Å²) in [6, 6.07) is 1.72. The number of aromatic nitrogens is 2. The van der Waals surface area contributed by atoms with Crippen molar-refractivity contribution in [3.05, 3.63) is 11.9 Å². The average molecular weight is 180 g/mol. The van der Waals surface area contributed by atoms with Gasteiger partial charge in [0.15, 0.2) is 0 Å². The fourth-order valence-electron chi connectivity index (χ4n) is 1.38. The molecule has 0 saturated carbocycles. The number of rotatable bonds is 1. The molecule has 2 rings (SSSR count). The van der Waals surface area contributed by atoms with Crippen LogP contribution in [0, 0.1) is 6.92 Å². The van der Waals surface area contributed by atoms with Crippen molar-refractivity contribution in [3.8, 4) is 0 Å². The SMILES string of the molecule is Cc1nc(N)cc(N2CC(O)C2)n1. The molecule has 1 fully saturated rings. The summed E-state index contributed by atoms with van der Waals surface area (Å²) in [6.45, 7) is 3.07. The molecule has 1 aliphatic rings. The van der Waals surface area contributed by atoms with Gasteiger partial charge in [0.1, 0.15) is 17.5 Å². The lowest BCUT2D eigenvalue weighted by Gasteiger charge is -2.36. The van der Waals surface area contributed by atoms with Crippen LogP contribution in [0.5, 0.6) is 0 Å². The Kier molecular flexibility index (Phi) is 1.81. The summed E-state index contributed by atoms with van der Waals surface area (Å²) in [7, 11) is 0. The third-order valence-corrected chi connectivity index (χ3v) is 2.03. The third kappa shape index (κ3) is 1.55. The molecule has 0 aliphatic carbocycles. The van der Waals surface area contributed by atoms with E-state index < -0.39 is 0 Å². The number of nitrogens with zero attached hydrogens (tertiary/aromatic N) is 3. The smallest absolute Gasteiger partial charge is 0.134 e. The van der Waals surface area contributed by atoms with E-state index in [4.69, 9.17) is 10.8 Å². The van der Waals surface area contributed by atoms with Gasteiger partial charge in [0.25, 0.3) is 0 Å². The normalized spacial score (nSPS) is 17.2. The highest BCUT2D eigenvalue weighted by Crippen LogP contribution is 2.19. The lowest BCUT2D eigenvalue weighted by Crippen LogP contribution is -2.51. The summed E-state index contributed by atoms with van der Waals surface area (Å²) in [4.78, 5) is 10.2. The molecule has 0 spiro atoms. The van der Waals surface area contributed by atoms with Gasteiger partial charge >= 0.3 is 0 Å². The summed E-state index contributed by atoms with van der Waals surface area (Å²) < 4.78 is 0. The van der Waals surface area contributed by atoms with Crippen LogP contribution in [0.15, 0.2) is 6.07 Å². The van der Waals surface area contributed by atoms with E-state index in [0.29, 0.717) is 24.7 Å². The Bertz CT molecular complexity index is 302. The van der Waals surface area contributed by atoms with E-state index in [9.17, 15) is 0 Å². The van der Waals surface area contributed by atoms with Crippen LogP contribution in [-0.4, -0.2) is 34.3 Å². The molecular formula is C8H12N4O. The van der Waals surface area contributed by atoms with Crippen LogP contribution in [-0.2, 0) is 0 Å². The maximum absolute atomic E-state index is 9.10. The van der Waals surface area contributed by atoms with Crippen molar-refractivity contribution in [2.45, 2.75) is 13.0 Å². The minimum absolute atomic E-state index is 0.225. The average Bonchev–Trinajstić information content (AvgIpc) is 1.96. The number of hydrogen-bond acceptors (Lipinski definition) is 5. The Hall–Kier alpha value is -1.36. The van der Waals surface area contributed by atoms with E-state index in [1.807, 2.05) is 4.90 Å². The Morgan fingerprint density at radius 1 is 1.54 bits per heavy atom. The van der Waals surface area contributed by atoms with Gasteiger partial charge in [0, 0.05) is 19.2 Å². The van der Waals surface area contributed by atoms with Crippen LogP contribution in [0.25, 0.3) is 0 Å². The predicted octanol–water partition coefficient (Wildman–Crippen LogP) is -0.452. The Balaban J connectivity index is 2.21. The number of nitrogens with two attached hydrogens (primary N) is 1. The Labute approximate surface area is 76.2 Å². The first-order chi connectivity index (χ1) is 6.15. The van der Waals surface area contributed by atoms with Gasteiger partial charge in [-0.25, -0.2) is 9.97 Å². The molecule has 5 heteroatoms. The Morgan fingerprint density at radius 3 is 2.77 bits per heavy atom. The van der Waals surface area contributed by atoms with Gasteiger partial charge < -0.3 is 15.7 Å². The van der Waals surface area contributed by atoms with E-state index in [0.717, 1.165) is 5.82 Å². The fourth-order valence-corrected chi connectivity index (χ4v) is 1.38. The number of aliphatic hydroxyl groups is 1. The molecular weight excluding hydrogens is 168 g/mol. The second kappa shape index (κ2) is 2.85. The summed E-state index contributed by atoms with van der Waals surface area (Å²) in [5.41, 5.74) is 5.57. The van der Waals surface area contributed by atoms with Crippen molar-refractivity contribution in [1.82, 2.24) is 9.97 Å². The van der Waals surface area contributed by atoms with Crippen LogP contribution >= 0.6 is 0 Å². The van der Waals surface area contributed by atoms with Crippen LogP contribution in [0.2, 0.25) is 0 Å². The molecule has 2 heterocycles. The molecule has 0 atom stereocenters. The van der Waals surface area contributed by atoms with E-state index in [-0.39, 0.29) is 6.10 Å². The van der Waals surface area contributed by atoms with Gasteiger partial charge in [-0.1, -0.05) is 0 Å². The molecule has 70 valence electrons. The highest BCUT2D eigenvalue weighted by molar-refractivity contribution is 5.49. The zero-order valence-electron chi connectivity index (χ0n) is 7.44. The second-order valence-corrected chi connectivity index (χ2v) is 3.26. The van der Waals surface area contributed by atoms with Gasteiger partial charge in [0.2, 0.25) is 0 Å². The zero-order chi connectivity index (χ0) is 9.42. The van der Waals surface area contributed by atoms with E-state index in [1.165, 1.54) is 0 Å². The van der Waals surface area contributed by atoms with Gasteiger partial charge in [0.05, 0.1) is 6.10 Å². The van der Waals surface area contributed by atoms with Crippen LogP contribution < -0.4 is 10.6 Å². The van der Waals surface area contributed by atoms with Crippen molar-refractivity contribution >= 4 is 11.6 Å². The van der Waals surface area contributed by atoms with Crippen molar-refractivity contribution in [3.63, 3.8) is 0 Å². The number of β-amino-alcohol motifs (C(OH)–C–C–N with tert-alkyl or cyclic N) is 1. The molecule has 1 aromatic rings. The number of anilines is 2. The molecule has 0 radical (unpaired) electrons.